The van der Waals surface area contributed by atoms with Crippen LogP contribution in [-0.4, -0.2) is 56.7 Å². The fourth-order valence-electron chi connectivity index (χ4n) is 3.44. The normalized spacial score (nSPS) is 12.8. The highest BCUT2D eigenvalue weighted by Gasteiger charge is 2.25. The van der Waals surface area contributed by atoms with Crippen molar-refractivity contribution < 1.29 is 38.1 Å². The molecule has 1 aliphatic rings. The zero-order valence-corrected chi connectivity index (χ0v) is 23.1. The molecular weight excluding hydrogens is 562 g/mol. The Bertz CT molecular complexity index is 1200. The van der Waals surface area contributed by atoms with E-state index in [9.17, 15) is 14.4 Å². The minimum atomic E-state index is -0.838. The summed E-state index contributed by atoms with van der Waals surface area (Å²) in [7, 11) is 0. The zero-order chi connectivity index (χ0) is 27.7. The number of carbonyl (C=O) groups is 3. The van der Waals surface area contributed by atoms with E-state index in [1.54, 1.807) is 37.3 Å². The lowest BCUT2D eigenvalue weighted by molar-refractivity contribution is -0.145. The van der Waals surface area contributed by atoms with Crippen LogP contribution in [0.3, 0.4) is 0 Å². The highest BCUT2D eigenvalue weighted by Crippen LogP contribution is 2.36. The molecule has 0 bridgehead atoms. The van der Waals surface area contributed by atoms with Crippen LogP contribution in [0.1, 0.15) is 43.6 Å². The van der Waals surface area contributed by atoms with Crippen molar-refractivity contribution in [3.63, 3.8) is 0 Å². The molecule has 204 valence electrons. The summed E-state index contributed by atoms with van der Waals surface area (Å²) in [5.74, 6) is 0.142. The van der Waals surface area contributed by atoms with Crippen molar-refractivity contribution in [1.29, 1.82) is 0 Å². The lowest BCUT2D eigenvalue weighted by Crippen LogP contribution is -2.48. The maximum atomic E-state index is 12.8. The Morgan fingerprint density at radius 1 is 1.08 bits per heavy atom. The molecule has 1 aliphatic heterocycles. The number of hydrogen-bond donors (Lipinski definition) is 2. The summed E-state index contributed by atoms with van der Waals surface area (Å²) in [5, 5.41) is 6.78. The number of nitrogens with one attached hydrogen (secondary N) is 2. The lowest BCUT2D eigenvalue weighted by Gasteiger charge is -2.20. The second kappa shape index (κ2) is 13.7. The van der Waals surface area contributed by atoms with Crippen molar-refractivity contribution in [2.75, 3.05) is 26.6 Å². The predicted molar refractivity (Wildman–Crippen MR) is 142 cm³/mol. The fraction of sp³-hybridized carbons (Fsp3) is 0.385. The number of hydrazone groups is 1. The van der Waals surface area contributed by atoms with Gasteiger partial charge in [-0.05, 0) is 71.6 Å². The van der Waals surface area contributed by atoms with Crippen molar-refractivity contribution in [2.45, 2.75) is 33.7 Å². The van der Waals surface area contributed by atoms with Gasteiger partial charge in [0.25, 0.3) is 11.8 Å². The molecule has 0 spiro atoms. The summed E-state index contributed by atoms with van der Waals surface area (Å²) < 4.78 is 27.2. The number of nitrogens with zero attached hydrogens (tertiary/aromatic N) is 1. The summed E-state index contributed by atoms with van der Waals surface area (Å²) in [4.78, 5) is 37.3. The highest BCUT2D eigenvalue weighted by molar-refractivity contribution is 9.10. The number of carbonyl (C=O) groups excluding carboxylic acids is 3. The van der Waals surface area contributed by atoms with E-state index < -0.39 is 23.8 Å². The first kappa shape index (κ1) is 28.8. The number of hydrogen-bond acceptors (Lipinski definition) is 9. The Morgan fingerprint density at radius 3 is 2.55 bits per heavy atom. The summed E-state index contributed by atoms with van der Waals surface area (Å²) in [6.45, 7) is 7.59. The number of amides is 2. The topological polar surface area (TPSA) is 134 Å². The second-order valence-corrected chi connectivity index (χ2v) is 9.21. The average molecular weight is 592 g/mol. The molecule has 1 atom stereocenters. The van der Waals surface area contributed by atoms with E-state index in [4.69, 9.17) is 23.7 Å². The average Bonchev–Trinajstić information content (AvgIpc) is 3.35. The molecule has 2 aromatic carbocycles. The highest BCUT2D eigenvalue weighted by atomic mass is 79.9. The van der Waals surface area contributed by atoms with Crippen LogP contribution in [0.25, 0.3) is 0 Å². The molecule has 0 saturated heterocycles. The van der Waals surface area contributed by atoms with Crippen LogP contribution in [-0.2, 0) is 14.3 Å². The van der Waals surface area contributed by atoms with E-state index in [1.807, 2.05) is 20.8 Å². The van der Waals surface area contributed by atoms with Gasteiger partial charge in [0.1, 0.15) is 6.04 Å². The van der Waals surface area contributed by atoms with Crippen LogP contribution in [0.15, 0.2) is 39.9 Å². The second-order valence-electron chi connectivity index (χ2n) is 8.35. The molecule has 11 nitrogen and oxygen atoms in total. The number of benzene rings is 2. The molecule has 1 heterocycles. The maximum absolute atomic E-state index is 12.8. The first-order chi connectivity index (χ1) is 18.2. The van der Waals surface area contributed by atoms with Crippen molar-refractivity contribution in [1.82, 2.24) is 10.7 Å². The lowest BCUT2D eigenvalue weighted by atomic mass is 10.0. The molecule has 0 fully saturated rings. The molecule has 0 radical (unpaired) electrons. The maximum Gasteiger partial charge on any atom is 0.344 e. The van der Waals surface area contributed by atoms with Gasteiger partial charge in [0.2, 0.25) is 6.79 Å². The van der Waals surface area contributed by atoms with Crippen LogP contribution < -0.4 is 29.7 Å². The van der Waals surface area contributed by atoms with Gasteiger partial charge in [0.15, 0.2) is 29.6 Å². The number of esters is 1. The van der Waals surface area contributed by atoms with Gasteiger partial charge in [-0.25, -0.2) is 10.2 Å². The van der Waals surface area contributed by atoms with E-state index in [-0.39, 0.29) is 25.9 Å². The van der Waals surface area contributed by atoms with Crippen LogP contribution in [0, 0.1) is 5.92 Å². The molecule has 0 aliphatic carbocycles. The predicted octanol–water partition coefficient (Wildman–Crippen LogP) is 3.42. The molecule has 12 heteroatoms. The number of fused-ring (bicyclic) bond motifs is 1. The van der Waals surface area contributed by atoms with E-state index in [0.29, 0.717) is 45.2 Å². The minimum absolute atomic E-state index is 0.0986. The monoisotopic (exact) mass is 591 g/mol. The third-order valence-corrected chi connectivity index (χ3v) is 5.82. The molecule has 2 amide bonds. The number of rotatable bonds is 12. The molecular formula is C26H30BrN3O8. The molecule has 0 saturated carbocycles. The Kier molecular flexibility index (Phi) is 10.3. The third-order valence-electron chi connectivity index (χ3n) is 5.23. The van der Waals surface area contributed by atoms with Crippen LogP contribution in [0.2, 0.25) is 0 Å². The van der Waals surface area contributed by atoms with Crippen molar-refractivity contribution in [3.05, 3.63) is 45.9 Å². The minimum Gasteiger partial charge on any atom is -0.490 e. The zero-order valence-electron chi connectivity index (χ0n) is 21.5. The fourth-order valence-corrected chi connectivity index (χ4v) is 4.01. The first-order valence-electron chi connectivity index (χ1n) is 12.0. The molecule has 1 unspecified atom stereocenters. The van der Waals surface area contributed by atoms with Gasteiger partial charge in [-0.15, -0.1) is 0 Å². The standard InChI is InChI=1S/C26H30BrN3O8/c1-5-34-21-10-16(9-18(27)24(21)36-13-22(31)35-6-2)12-28-30-26(33)23(15(3)4)29-25(32)17-7-8-19-20(11-17)38-14-37-19/h7-12,15,23H,5-6,13-14H2,1-4H3,(H,29,32)(H,30,33). The van der Waals surface area contributed by atoms with E-state index in [0.717, 1.165) is 0 Å². The third kappa shape index (κ3) is 7.60. The van der Waals surface area contributed by atoms with Crippen molar-refractivity contribution in [2.24, 2.45) is 11.0 Å². The summed E-state index contributed by atoms with van der Waals surface area (Å²) in [5.41, 5.74) is 3.41. The van der Waals surface area contributed by atoms with Gasteiger partial charge in [-0.1, -0.05) is 13.8 Å². The van der Waals surface area contributed by atoms with Crippen molar-refractivity contribution in [3.8, 4) is 23.0 Å². The van der Waals surface area contributed by atoms with E-state index in [1.165, 1.54) is 6.21 Å². The van der Waals surface area contributed by atoms with Gasteiger partial charge in [0, 0.05) is 5.56 Å². The first-order valence-corrected chi connectivity index (χ1v) is 12.8. The molecule has 2 aromatic rings. The van der Waals surface area contributed by atoms with Gasteiger partial charge in [0.05, 0.1) is 23.9 Å². The smallest absolute Gasteiger partial charge is 0.344 e. The molecule has 0 aromatic heterocycles. The number of ether oxygens (including phenoxy) is 5. The Balaban J connectivity index is 1.66. The Morgan fingerprint density at radius 2 is 1.84 bits per heavy atom. The van der Waals surface area contributed by atoms with Crippen molar-refractivity contribution >= 4 is 39.9 Å². The van der Waals surface area contributed by atoms with Gasteiger partial charge in [-0.3, -0.25) is 9.59 Å². The largest absolute Gasteiger partial charge is 0.490 e. The Hall–Kier alpha value is -3.80. The van der Waals surface area contributed by atoms with Gasteiger partial charge in [-0.2, -0.15) is 5.10 Å². The summed E-state index contributed by atoms with van der Waals surface area (Å²) in [6.07, 6.45) is 1.43. The molecule has 38 heavy (non-hydrogen) atoms. The van der Waals surface area contributed by atoms with E-state index in [2.05, 4.69) is 31.8 Å². The van der Waals surface area contributed by atoms with E-state index >= 15 is 0 Å². The van der Waals surface area contributed by atoms with Crippen LogP contribution in [0.4, 0.5) is 0 Å². The van der Waals surface area contributed by atoms with Crippen LogP contribution >= 0.6 is 15.9 Å². The van der Waals surface area contributed by atoms with Crippen LogP contribution in [0.5, 0.6) is 23.0 Å². The Labute approximate surface area is 228 Å². The molecule has 3 rings (SSSR count). The summed E-state index contributed by atoms with van der Waals surface area (Å²) >= 11 is 3.42. The number of halogens is 1. The summed E-state index contributed by atoms with van der Waals surface area (Å²) in [6, 6.07) is 7.33. The molecule has 2 N–H and O–H groups in total. The van der Waals surface area contributed by atoms with Gasteiger partial charge >= 0.3 is 5.97 Å². The quantitative estimate of drug-likeness (QED) is 0.218. The SMILES string of the molecule is CCOC(=O)COc1c(Br)cc(C=NNC(=O)C(NC(=O)c2ccc3c(c2)OCO3)C(C)C)cc1OCC. The van der Waals surface area contributed by atoms with Gasteiger partial charge < -0.3 is 29.0 Å².